The summed E-state index contributed by atoms with van der Waals surface area (Å²) in [4.78, 5) is 8.92. The van der Waals surface area contributed by atoms with Crippen molar-refractivity contribution in [3.05, 3.63) is 101 Å². The molecule has 2 aromatic carbocycles. The van der Waals surface area contributed by atoms with E-state index in [0.29, 0.717) is 12.5 Å². The highest BCUT2D eigenvalue weighted by Gasteiger charge is 2.25. The van der Waals surface area contributed by atoms with Gasteiger partial charge in [-0.25, -0.2) is 0 Å². The molecule has 0 saturated carbocycles. The number of hydrogen-bond donors (Lipinski definition) is 0. The van der Waals surface area contributed by atoms with Crippen LogP contribution in [0.25, 0.3) is 5.70 Å². The Morgan fingerprint density at radius 3 is 2.62 bits per heavy atom. The molecule has 1 aliphatic heterocycles. The summed E-state index contributed by atoms with van der Waals surface area (Å²) in [6.07, 6.45) is 7.95. The van der Waals surface area contributed by atoms with E-state index in [9.17, 15) is 0 Å². The minimum atomic E-state index is 0.340. The number of anilines is 2. The number of benzene rings is 2. The van der Waals surface area contributed by atoms with E-state index < -0.39 is 0 Å². The van der Waals surface area contributed by atoms with Gasteiger partial charge in [0.1, 0.15) is 5.75 Å². The van der Waals surface area contributed by atoms with Crippen LogP contribution in [-0.4, -0.2) is 30.1 Å². The molecule has 1 unspecified atom stereocenters. The maximum absolute atomic E-state index is 6.12. The number of fused-ring (bicyclic) bond motifs is 1. The molecule has 0 amide bonds. The van der Waals surface area contributed by atoms with Crippen molar-refractivity contribution in [3.8, 4) is 5.75 Å². The topological polar surface area (TPSA) is 28.6 Å². The number of ether oxygens (including phenoxy) is 1. The zero-order valence-corrected chi connectivity index (χ0v) is 21.8. The van der Waals surface area contributed by atoms with Crippen LogP contribution in [0.5, 0.6) is 5.75 Å². The fourth-order valence-electron chi connectivity index (χ4n) is 4.34. The van der Waals surface area contributed by atoms with Crippen molar-refractivity contribution in [2.75, 3.05) is 25.1 Å². The second kappa shape index (κ2) is 10.9. The molecule has 34 heavy (non-hydrogen) atoms. The second-order valence-electron chi connectivity index (χ2n) is 8.58. The van der Waals surface area contributed by atoms with E-state index in [1.807, 2.05) is 25.1 Å². The Bertz CT molecular complexity index is 1170. The summed E-state index contributed by atoms with van der Waals surface area (Å²) in [5, 5.41) is 0. The van der Waals surface area contributed by atoms with Crippen molar-refractivity contribution < 1.29 is 4.74 Å². The number of aryl methyl sites for hydroxylation is 1. The van der Waals surface area contributed by atoms with Crippen LogP contribution in [0.3, 0.4) is 0 Å². The van der Waals surface area contributed by atoms with Gasteiger partial charge in [-0.3, -0.25) is 4.98 Å². The lowest BCUT2D eigenvalue weighted by molar-refractivity contribution is 0.256. The first-order chi connectivity index (χ1) is 16.5. The zero-order valence-electron chi connectivity index (χ0n) is 20.2. The third-order valence-corrected chi connectivity index (χ3v) is 6.88. The molecule has 4 rings (SSSR count). The monoisotopic (exact) mass is 517 g/mol. The molecule has 1 atom stereocenters. The summed E-state index contributed by atoms with van der Waals surface area (Å²) in [5.74, 6) is 1.31. The predicted octanol–water partition coefficient (Wildman–Crippen LogP) is 7.55. The SMILES string of the molecule is C=C(c1cc(Br)ccn1)N(/C=C\C)CC1CCOc2cc(N(C)c3ccc(CC)cc3)ccc21. The molecule has 0 spiro atoms. The standard InChI is InChI=1S/C29H32BrN3O/c1-5-16-33(21(3)28-18-24(30)13-15-31-28)20-23-14-17-34-29-19-26(11-12-27(23)29)32(4)25-9-7-22(6-2)8-10-25/h5,7-13,15-16,18-19,23H,3,6,14,17,20H2,1-2,4H3/b16-5-. The molecule has 5 heteroatoms. The lowest BCUT2D eigenvalue weighted by Gasteiger charge is -2.32. The van der Waals surface area contributed by atoms with Gasteiger partial charge in [0.25, 0.3) is 0 Å². The number of nitrogens with zero attached hydrogens (tertiary/aromatic N) is 3. The van der Waals surface area contributed by atoms with E-state index in [0.717, 1.165) is 46.7 Å². The Morgan fingerprint density at radius 1 is 1.15 bits per heavy atom. The minimum Gasteiger partial charge on any atom is -0.493 e. The molecule has 0 N–H and O–H groups in total. The van der Waals surface area contributed by atoms with Crippen molar-refractivity contribution in [2.45, 2.75) is 32.6 Å². The first-order valence-electron chi connectivity index (χ1n) is 11.8. The van der Waals surface area contributed by atoms with Crippen molar-refractivity contribution >= 4 is 33.0 Å². The average Bonchev–Trinajstić information content (AvgIpc) is 2.87. The van der Waals surface area contributed by atoms with Gasteiger partial charge < -0.3 is 14.5 Å². The quantitative estimate of drug-likeness (QED) is 0.308. The molecule has 1 aromatic heterocycles. The highest BCUT2D eigenvalue weighted by Crippen LogP contribution is 2.39. The number of halogens is 1. The molecule has 176 valence electrons. The summed E-state index contributed by atoms with van der Waals surface area (Å²) >= 11 is 3.54. The predicted molar refractivity (Wildman–Crippen MR) is 146 cm³/mol. The molecule has 0 radical (unpaired) electrons. The summed E-state index contributed by atoms with van der Waals surface area (Å²) in [6, 6.07) is 19.3. The minimum absolute atomic E-state index is 0.340. The van der Waals surface area contributed by atoms with E-state index >= 15 is 0 Å². The molecule has 0 aliphatic carbocycles. The zero-order chi connectivity index (χ0) is 24.1. The fourth-order valence-corrected chi connectivity index (χ4v) is 4.68. The fraction of sp³-hybridized carbons (Fsp3) is 0.276. The van der Waals surface area contributed by atoms with E-state index in [4.69, 9.17) is 4.74 Å². The lowest BCUT2D eigenvalue weighted by atomic mass is 9.92. The van der Waals surface area contributed by atoms with Crippen molar-refractivity contribution in [1.29, 1.82) is 0 Å². The summed E-state index contributed by atoms with van der Waals surface area (Å²) < 4.78 is 7.11. The molecule has 3 aromatic rings. The molecule has 1 aliphatic rings. The largest absolute Gasteiger partial charge is 0.493 e. The van der Waals surface area contributed by atoms with E-state index in [1.165, 1.54) is 16.8 Å². The van der Waals surface area contributed by atoms with Crippen LogP contribution in [0.4, 0.5) is 11.4 Å². The van der Waals surface area contributed by atoms with Gasteiger partial charge >= 0.3 is 0 Å². The first kappa shape index (κ1) is 24.1. The Balaban J connectivity index is 1.55. The molecule has 4 nitrogen and oxygen atoms in total. The first-order valence-corrected chi connectivity index (χ1v) is 12.6. The Hall–Kier alpha value is -3.05. The Morgan fingerprint density at radius 2 is 1.91 bits per heavy atom. The second-order valence-corrected chi connectivity index (χ2v) is 9.49. The molecular weight excluding hydrogens is 486 g/mol. The van der Waals surface area contributed by atoms with Crippen LogP contribution in [0.2, 0.25) is 0 Å². The Kier molecular flexibility index (Phi) is 7.73. The lowest BCUT2D eigenvalue weighted by Crippen LogP contribution is -2.26. The molecule has 2 heterocycles. The average molecular weight is 518 g/mol. The van der Waals surface area contributed by atoms with Gasteiger partial charge in [0.15, 0.2) is 0 Å². The number of allylic oxidation sites excluding steroid dienone is 1. The summed E-state index contributed by atoms with van der Waals surface area (Å²) in [7, 11) is 2.10. The number of aromatic nitrogens is 1. The van der Waals surface area contributed by atoms with Crippen molar-refractivity contribution in [3.63, 3.8) is 0 Å². The maximum atomic E-state index is 6.12. The van der Waals surface area contributed by atoms with Gasteiger partial charge in [-0.2, -0.15) is 0 Å². The maximum Gasteiger partial charge on any atom is 0.124 e. The van der Waals surface area contributed by atoms with Crippen molar-refractivity contribution in [1.82, 2.24) is 9.88 Å². The van der Waals surface area contributed by atoms with Gasteiger partial charge in [-0.1, -0.05) is 53.7 Å². The third-order valence-electron chi connectivity index (χ3n) is 6.39. The third kappa shape index (κ3) is 5.36. The van der Waals surface area contributed by atoms with Gasteiger partial charge in [0.2, 0.25) is 0 Å². The van der Waals surface area contributed by atoms with Crippen LogP contribution < -0.4 is 9.64 Å². The van der Waals surface area contributed by atoms with Crippen LogP contribution >= 0.6 is 15.9 Å². The number of hydrogen-bond acceptors (Lipinski definition) is 4. The van der Waals surface area contributed by atoms with E-state index in [-0.39, 0.29) is 0 Å². The van der Waals surface area contributed by atoms with E-state index in [2.05, 4.69) is 99.9 Å². The van der Waals surface area contributed by atoms with Crippen molar-refractivity contribution in [2.24, 2.45) is 0 Å². The van der Waals surface area contributed by atoms with E-state index in [1.54, 1.807) is 6.20 Å². The van der Waals surface area contributed by atoms with Crippen LogP contribution in [0.15, 0.2) is 84.1 Å². The Labute approximate surface area is 211 Å². The van der Waals surface area contributed by atoms with Gasteiger partial charge in [0.05, 0.1) is 18.0 Å². The highest BCUT2D eigenvalue weighted by molar-refractivity contribution is 9.10. The van der Waals surface area contributed by atoms with Gasteiger partial charge in [-0.05, 0) is 67.4 Å². The molecule has 0 saturated heterocycles. The smallest absolute Gasteiger partial charge is 0.124 e. The number of pyridine rings is 1. The number of rotatable bonds is 8. The summed E-state index contributed by atoms with van der Waals surface area (Å²) in [5.41, 5.74) is 6.64. The highest BCUT2D eigenvalue weighted by atomic mass is 79.9. The van der Waals surface area contributed by atoms with Gasteiger partial charge in [-0.15, -0.1) is 0 Å². The van der Waals surface area contributed by atoms with Crippen LogP contribution in [-0.2, 0) is 6.42 Å². The van der Waals surface area contributed by atoms with Crippen LogP contribution in [0.1, 0.15) is 43.0 Å². The molecule has 0 fully saturated rings. The molecular formula is C29H32BrN3O. The van der Waals surface area contributed by atoms with Gasteiger partial charge in [0, 0.05) is 47.6 Å². The van der Waals surface area contributed by atoms with Crippen LogP contribution in [0, 0.1) is 0 Å². The molecule has 0 bridgehead atoms. The normalized spacial score (nSPS) is 15.0. The summed E-state index contributed by atoms with van der Waals surface area (Å²) in [6.45, 7) is 10.1.